The third-order valence-electron chi connectivity index (χ3n) is 7.51. The zero-order valence-corrected chi connectivity index (χ0v) is 20.8. The van der Waals surface area contributed by atoms with E-state index < -0.39 is 61.0 Å². The van der Waals surface area contributed by atoms with Crippen LogP contribution in [0.1, 0.15) is 23.3 Å². The minimum absolute atomic E-state index is 0.0155. The summed E-state index contributed by atoms with van der Waals surface area (Å²) < 4.78 is 33.9. The molecule has 3 saturated heterocycles. The molecule has 0 radical (unpaired) electrons. The van der Waals surface area contributed by atoms with Gasteiger partial charge in [0.05, 0.1) is 40.1 Å². The van der Waals surface area contributed by atoms with Gasteiger partial charge in [0, 0.05) is 5.92 Å². The number of aliphatic hydroxyl groups is 5. The molecule has 9 atom stereocenters. The van der Waals surface area contributed by atoms with Crippen molar-refractivity contribution in [3.8, 4) is 23.0 Å². The van der Waals surface area contributed by atoms with E-state index in [0.29, 0.717) is 11.1 Å². The highest BCUT2D eigenvalue weighted by Crippen LogP contribution is 2.54. The maximum absolute atomic E-state index is 11.6. The average molecular weight is 537 g/mol. The predicted octanol–water partition coefficient (Wildman–Crippen LogP) is -0.222. The summed E-state index contributed by atoms with van der Waals surface area (Å²) in [5, 5.41) is 61.3. The van der Waals surface area contributed by atoms with Crippen molar-refractivity contribution in [3.05, 3.63) is 47.5 Å². The predicted molar refractivity (Wildman–Crippen MR) is 128 cm³/mol. The van der Waals surface area contributed by atoms with Crippen LogP contribution in [-0.2, 0) is 14.2 Å². The summed E-state index contributed by atoms with van der Waals surface area (Å²) in [5.74, 6) is 0.307. The van der Waals surface area contributed by atoms with Gasteiger partial charge < -0.3 is 59.1 Å². The Morgan fingerprint density at radius 3 is 2.32 bits per heavy atom. The quantitative estimate of drug-likeness (QED) is 0.275. The summed E-state index contributed by atoms with van der Waals surface area (Å²) in [4.78, 5) is 0. The molecule has 0 amide bonds. The molecule has 0 bridgehead atoms. The van der Waals surface area contributed by atoms with Crippen LogP contribution in [-0.4, -0.2) is 101 Å². The maximum Gasteiger partial charge on any atom is 0.229 e. The molecule has 5 rings (SSSR count). The highest BCUT2D eigenvalue weighted by Gasteiger charge is 2.59. The van der Waals surface area contributed by atoms with Gasteiger partial charge in [-0.05, 0) is 35.4 Å². The molecule has 38 heavy (non-hydrogen) atoms. The number of phenols is 1. The zero-order valence-electron chi connectivity index (χ0n) is 20.8. The number of benzene rings is 2. The molecule has 0 aromatic heterocycles. The second-order valence-corrected chi connectivity index (χ2v) is 9.70. The molecule has 2 aromatic rings. The molecule has 4 unspecified atom stereocenters. The summed E-state index contributed by atoms with van der Waals surface area (Å²) in [6.07, 6.45) is -8.36. The minimum Gasteiger partial charge on any atom is -0.504 e. The van der Waals surface area contributed by atoms with E-state index in [1.54, 1.807) is 30.3 Å². The van der Waals surface area contributed by atoms with Gasteiger partial charge in [-0.2, -0.15) is 0 Å². The molecule has 12 nitrogen and oxygen atoms in total. The van der Waals surface area contributed by atoms with E-state index in [0.717, 1.165) is 0 Å². The number of hydrogen-bond acceptors (Lipinski definition) is 12. The molecule has 0 aliphatic carbocycles. The second kappa shape index (κ2) is 10.5. The first-order valence-corrected chi connectivity index (χ1v) is 12.2. The van der Waals surface area contributed by atoms with Crippen LogP contribution in [0, 0.1) is 5.92 Å². The highest BCUT2D eigenvalue weighted by molar-refractivity contribution is 5.46. The van der Waals surface area contributed by atoms with Crippen molar-refractivity contribution in [3.63, 3.8) is 0 Å². The van der Waals surface area contributed by atoms with Crippen molar-refractivity contribution in [2.24, 2.45) is 5.92 Å². The Bertz CT molecular complexity index is 1140. The topological polar surface area (TPSA) is 177 Å². The third kappa shape index (κ3) is 4.46. The van der Waals surface area contributed by atoms with E-state index in [1.165, 1.54) is 20.3 Å². The molecular formula is C26H32O12. The van der Waals surface area contributed by atoms with Gasteiger partial charge in [0.2, 0.25) is 6.29 Å². The van der Waals surface area contributed by atoms with Crippen LogP contribution in [0.25, 0.3) is 0 Å². The number of hydrogen-bond donors (Lipinski definition) is 6. The average Bonchev–Trinajstić information content (AvgIpc) is 3.43. The van der Waals surface area contributed by atoms with E-state index in [-0.39, 0.29) is 36.2 Å². The van der Waals surface area contributed by atoms with Gasteiger partial charge in [0.1, 0.15) is 36.1 Å². The van der Waals surface area contributed by atoms with Crippen molar-refractivity contribution in [2.75, 3.05) is 34.0 Å². The first-order chi connectivity index (χ1) is 18.2. The van der Waals surface area contributed by atoms with E-state index in [1.807, 2.05) is 0 Å². The number of ether oxygens (including phenoxy) is 6. The van der Waals surface area contributed by atoms with Crippen LogP contribution in [0.2, 0.25) is 0 Å². The number of fused-ring (bicyclic) bond motifs is 1. The van der Waals surface area contributed by atoms with Crippen LogP contribution in [0.15, 0.2) is 36.4 Å². The van der Waals surface area contributed by atoms with Crippen LogP contribution < -0.4 is 14.2 Å². The molecule has 3 heterocycles. The minimum atomic E-state index is -1.58. The van der Waals surface area contributed by atoms with Crippen molar-refractivity contribution >= 4 is 0 Å². The van der Waals surface area contributed by atoms with Crippen molar-refractivity contribution < 1.29 is 59.1 Å². The number of methoxy groups -OCH3 is 2. The van der Waals surface area contributed by atoms with Gasteiger partial charge >= 0.3 is 0 Å². The number of aromatic hydroxyl groups is 1. The largest absolute Gasteiger partial charge is 0.504 e. The second-order valence-electron chi connectivity index (χ2n) is 9.70. The monoisotopic (exact) mass is 536 g/mol. The molecule has 208 valence electrons. The molecule has 0 spiro atoms. The van der Waals surface area contributed by atoms with Crippen LogP contribution in [0.5, 0.6) is 23.0 Å². The zero-order chi connectivity index (χ0) is 27.2. The number of phenolic OH excluding ortho intramolecular Hbond substituents is 1. The van der Waals surface area contributed by atoms with Crippen LogP contribution >= 0.6 is 0 Å². The summed E-state index contributed by atoms with van der Waals surface area (Å²) in [6.45, 7) is -0.341. The van der Waals surface area contributed by atoms with Crippen molar-refractivity contribution in [1.82, 2.24) is 0 Å². The Labute approximate surface area is 218 Å². The van der Waals surface area contributed by atoms with E-state index in [9.17, 15) is 30.6 Å². The van der Waals surface area contributed by atoms with Crippen LogP contribution in [0.3, 0.4) is 0 Å². The fourth-order valence-corrected chi connectivity index (χ4v) is 5.37. The Hall–Kier alpha value is -2.68. The summed E-state index contributed by atoms with van der Waals surface area (Å²) in [6, 6.07) is 9.75. The number of rotatable bonds is 7. The highest BCUT2D eigenvalue weighted by atomic mass is 16.7. The van der Waals surface area contributed by atoms with Gasteiger partial charge in [-0.25, -0.2) is 0 Å². The Morgan fingerprint density at radius 1 is 0.895 bits per heavy atom. The van der Waals surface area contributed by atoms with Crippen molar-refractivity contribution in [2.45, 2.75) is 48.5 Å². The molecule has 6 N–H and O–H groups in total. The standard InChI is InChI=1S/C26H32O12/c1-33-17-8-13(3-5-15(17)28)24-26(32)11-36-23(14(26)10-35-24)12-4-6-16(18(7-12)34-2)37-25-22(31)21(30)20(29)19(9-27)38-25/h3-8,14,19-25,27-32H,9-11H2,1-2H3/t14?,19-,20-,21-,22-,23?,24?,25-,26?/m1/s1. The van der Waals surface area contributed by atoms with Gasteiger partial charge in [0.25, 0.3) is 0 Å². The smallest absolute Gasteiger partial charge is 0.229 e. The van der Waals surface area contributed by atoms with Gasteiger partial charge in [-0.3, -0.25) is 0 Å². The summed E-state index contributed by atoms with van der Waals surface area (Å²) in [5.41, 5.74) is 0.0111. The first-order valence-electron chi connectivity index (χ1n) is 12.2. The normalized spacial score (nSPS) is 36.6. The third-order valence-corrected chi connectivity index (χ3v) is 7.51. The Balaban J connectivity index is 1.35. The fourth-order valence-electron chi connectivity index (χ4n) is 5.37. The lowest BCUT2D eigenvalue weighted by atomic mass is 9.81. The van der Waals surface area contributed by atoms with Crippen LogP contribution in [0.4, 0.5) is 0 Å². The molecular weight excluding hydrogens is 504 g/mol. The molecule has 3 aliphatic heterocycles. The fraction of sp³-hybridized carbons (Fsp3) is 0.538. The SMILES string of the molecule is COc1cc(C2OCC3C(c4ccc(O[C@@H]5O[C@H](CO)[C@@H](O)[C@@H](O)[C@H]5O)c(OC)c4)OCC23O)ccc1O. The number of aliphatic hydroxyl groups excluding tert-OH is 4. The maximum atomic E-state index is 11.6. The lowest BCUT2D eigenvalue weighted by molar-refractivity contribution is -0.277. The van der Waals surface area contributed by atoms with Crippen molar-refractivity contribution in [1.29, 1.82) is 0 Å². The molecule has 3 fully saturated rings. The summed E-state index contributed by atoms with van der Waals surface area (Å²) >= 11 is 0. The lowest BCUT2D eigenvalue weighted by Crippen LogP contribution is -2.60. The van der Waals surface area contributed by atoms with E-state index >= 15 is 0 Å². The van der Waals surface area contributed by atoms with E-state index in [2.05, 4.69) is 0 Å². The molecule has 0 saturated carbocycles. The van der Waals surface area contributed by atoms with Gasteiger partial charge in [-0.1, -0.05) is 12.1 Å². The van der Waals surface area contributed by atoms with Gasteiger partial charge in [-0.15, -0.1) is 0 Å². The molecule has 12 heteroatoms. The lowest BCUT2D eigenvalue weighted by Gasteiger charge is -2.39. The van der Waals surface area contributed by atoms with Gasteiger partial charge in [0.15, 0.2) is 23.0 Å². The first kappa shape index (κ1) is 26.9. The Kier molecular flexibility index (Phi) is 7.42. The van der Waals surface area contributed by atoms with E-state index in [4.69, 9.17) is 28.4 Å². The molecule has 2 aromatic carbocycles. The summed E-state index contributed by atoms with van der Waals surface area (Å²) in [7, 11) is 2.87. The Morgan fingerprint density at radius 2 is 1.61 bits per heavy atom. The molecule has 3 aliphatic rings.